The van der Waals surface area contributed by atoms with Gasteiger partial charge in [0.1, 0.15) is 0 Å². The summed E-state index contributed by atoms with van der Waals surface area (Å²) in [4.78, 5) is 25.5. The lowest BCUT2D eigenvalue weighted by Gasteiger charge is -2.31. The molecule has 1 fully saturated rings. The Labute approximate surface area is 122 Å². The topological polar surface area (TPSA) is 49.4 Å². The molecule has 0 aromatic heterocycles. The Balaban J connectivity index is 1.97. The van der Waals surface area contributed by atoms with Crippen molar-refractivity contribution in [2.75, 3.05) is 19.6 Å². The van der Waals surface area contributed by atoms with E-state index < -0.39 is 11.6 Å². The molecule has 114 valence electrons. The molecule has 1 saturated heterocycles. The Morgan fingerprint density at radius 3 is 2.48 bits per heavy atom. The molecule has 0 radical (unpaired) electrons. The number of likely N-dealkylation sites (tertiary alicyclic amines) is 1. The standard InChI is InChI=1S/C15H18F2N2O2/c1-2-18-14(20)10-5-7-19(8-6-10)15(21)11-3-4-12(16)13(17)9-11/h3-4,9-10H,2,5-8H2,1H3,(H,18,20). The van der Waals surface area contributed by atoms with Gasteiger partial charge < -0.3 is 10.2 Å². The summed E-state index contributed by atoms with van der Waals surface area (Å²) in [5.41, 5.74) is 0.130. The fourth-order valence-corrected chi connectivity index (χ4v) is 2.48. The molecule has 2 rings (SSSR count). The molecule has 1 aliphatic heterocycles. The van der Waals surface area contributed by atoms with Crippen molar-refractivity contribution in [3.8, 4) is 0 Å². The first kappa shape index (κ1) is 15.4. The summed E-state index contributed by atoms with van der Waals surface area (Å²) in [6.07, 6.45) is 1.17. The molecule has 0 saturated carbocycles. The molecule has 1 N–H and O–H groups in total. The summed E-state index contributed by atoms with van der Waals surface area (Å²) in [5, 5.41) is 2.77. The number of halogens is 2. The van der Waals surface area contributed by atoms with Crippen LogP contribution in [0.15, 0.2) is 18.2 Å². The second-order valence-electron chi connectivity index (χ2n) is 5.09. The lowest BCUT2D eigenvalue weighted by molar-refractivity contribution is -0.126. The molecule has 1 aromatic carbocycles. The zero-order chi connectivity index (χ0) is 15.4. The van der Waals surface area contributed by atoms with Crippen LogP contribution in [0.2, 0.25) is 0 Å². The molecule has 0 unspecified atom stereocenters. The van der Waals surface area contributed by atoms with Crippen LogP contribution in [0, 0.1) is 17.6 Å². The van der Waals surface area contributed by atoms with Gasteiger partial charge in [-0.05, 0) is 38.0 Å². The second kappa shape index (κ2) is 6.65. The predicted molar refractivity (Wildman–Crippen MR) is 73.7 cm³/mol. The van der Waals surface area contributed by atoms with Crippen LogP contribution < -0.4 is 5.32 Å². The Morgan fingerprint density at radius 1 is 1.24 bits per heavy atom. The Bertz CT molecular complexity index is 540. The number of hydrogen-bond acceptors (Lipinski definition) is 2. The summed E-state index contributed by atoms with van der Waals surface area (Å²) in [5.74, 6) is -2.40. The quantitative estimate of drug-likeness (QED) is 0.927. The number of nitrogens with one attached hydrogen (secondary N) is 1. The summed E-state index contributed by atoms with van der Waals surface area (Å²) in [6.45, 7) is 3.34. The number of benzene rings is 1. The third-order valence-electron chi connectivity index (χ3n) is 3.67. The van der Waals surface area contributed by atoms with Gasteiger partial charge in [0.15, 0.2) is 11.6 Å². The van der Waals surface area contributed by atoms with Gasteiger partial charge in [-0.15, -0.1) is 0 Å². The van der Waals surface area contributed by atoms with Crippen LogP contribution in [0.3, 0.4) is 0 Å². The van der Waals surface area contributed by atoms with E-state index in [4.69, 9.17) is 0 Å². The molecule has 21 heavy (non-hydrogen) atoms. The third-order valence-corrected chi connectivity index (χ3v) is 3.67. The van der Waals surface area contributed by atoms with Crippen LogP contribution in [0.1, 0.15) is 30.1 Å². The highest BCUT2D eigenvalue weighted by Gasteiger charge is 2.27. The number of amides is 2. The highest BCUT2D eigenvalue weighted by Crippen LogP contribution is 2.20. The minimum Gasteiger partial charge on any atom is -0.356 e. The molecule has 0 spiro atoms. The van der Waals surface area contributed by atoms with Gasteiger partial charge in [0, 0.05) is 31.1 Å². The maximum atomic E-state index is 13.2. The molecular formula is C15H18F2N2O2. The minimum atomic E-state index is -1.03. The van der Waals surface area contributed by atoms with E-state index in [9.17, 15) is 18.4 Å². The van der Waals surface area contributed by atoms with Crippen molar-refractivity contribution < 1.29 is 18.4 Å². The number of hydrogen-bond donors (Lipinski definition) is 1. The Morgan fingerprint density at radius 2 is 1.90 bits per heavy atom. The first-order valence-electron chi connectivity index (χ1n) is 7.05. The monoisotopic (exact) mass is 296 g/mol. The first-order valence-corrected chi connectivity index (χ1v) is 7.05. The maximum Gasteiger partial charge on any atom is 0.253 e. The summed E-state index contributed by atoms with van der Waals surface area (Å²) >= 11 is 0. The van der Waals surface area contributed by atoms with Crippen molar-refractivity contribution in [1.82, 2.24) is 10.2 Å². The molecule has 1 aliphatic rings. The Kier molecular flexibility index (Phi) is 4.88. The van der Waals surface area contributed by atoms with Gasteiger partial charge in [0.2, 0.25) is 5.91 Å². The van der Waals surface area contributed by atoms with E-state index in [1.165, 1.54) is 6.07 Å². The average Bonchev–Trinajstić information content (AvgIpc) is 2.50. The minimum absolute atomic E-state index is 0.0115. The number of nitrogens with zero attached hydrogens (tertiary/aromatic N) is 1. The van der Waals surface area contributed by atoms with E-state index in [2.05, 4.69) is 5.32 Å². The van der Waals surface area contributed by atoms with Gasteiger partial charge in [-0.3, -0.25) is 9.59 Å². The number of rotatable bonds is 3. The van der Waals surface area contributed by atoms with E-state index in [0.29, 0.717) is 32.5 Å². The second-order valence-corrected chi connectivity index (χ2v) is 5.09. The van der Waals surface area contributed by atoms with E-state index in [1.807, 2.05) is 6.92 Å². The van der Waals surface area contributed by atoms with Crippen LogP contribution in [-0.2, 0) is 4.79 Å². The fraction of sp³-hybridized carbons (Fsp3) is 0.467. The lowest BCUT2D eigenvalue weighted by atomic mass is 9.95. The molecule has 2 amide bonds. The molecule has 1 aromatic rings. The highest BCUT2D eigenvalue weighted by molar-refractivity contribution is 5.94. The molecular weight excluding hydrogens is 278 g/mol. The fourth-order valence-electron chi connectivity index (χ4n) is 2.48. The van der Waals surface area contributed by atoms with Gasteiger partial charge in [0.05, 0.1) is 0 Å². The van der Waals surface area contributed by atoms with Gasteiger partial charge >= 0.3 is 0 Å². The van der Waals surface area contributed by atoms with E-state index in [0.717, 1.165) is 12.1 Å². The van der Waals surface area contributed by atoms with Crippen LogP contribution in [0.25, 0.3) is 0 Å². The molecule has 6 heteroatoms. The van der Waals surface area contributed by atoms with Crippen molar-refractivity contribution in [3.63, 3.8) is 0 Å². The van der Waals surface area contributed by atoms with Crippen molar-refractivity contribution in [1.29, 1.82) is 0 Å². The number of piperidine rings is 1. The average molecular weight is 296 g/mol. The zero-order valence-electron chi connectivity index (χ0n) is 11.9. The lowest BCUT2D eigenvalue weighted by Crippen LogP contribution is -2.43. The van der Waals surface area contributed by atoms with Crippen LogP contribution in [-0.4, -0.2) is 36.3 Å². The smallest absolute Gasteiger partial charge is 0.253 e. The Hall–Kier alpha value is -1.98. The van der Waals surface area contributed by atoms with Gasteiger partial charge in [0.25, 0.3) is 5.91 Å². The number of carbonyl (C=O) groups excluding carboxylic acids is 2. The maximum absolute atomic E-state index is 13.2. The van der Waals surface area contributed by atoms with Crippen LogP contribution >= 0.6 is 0 Å². The number of carbonyl (C=O) groups is 2. The molecule has 0 bridgehead atoms. The summed E-state index contributed by atoms with van der Waals surface area (Å²) in [6, 6.07) is 3.13. The predicted octanol–water partition coefficient (Wildman–Crippen LogP) is 1.95. The molecule has 1 heterocycles. The van der Waals surface area contributed by atoms with E-state index in [-0.39, 0.29) is 23.3 Å². The van der Waals surface area contributed by atoms with Gasteiger partial charge in [-0.25, -0.2) is 8.78 Å². The largest absolute Gasteiger partial charge is 0.356 e. The third kappa shape index (κ3) is 3.56. The summed E-state index contributed by atoms with van der Waals surface area (Å²) in [7, 11) is 0. The zero-order valence-corrected chi connectivity index (χ0v) is 11.9. The normalized spacial score (nSPS) is 15.9. The van der Waals surface area contributed by atoms with Gasteiger partial charge in [-0.1, -0.05) is 0 Å². The summed E-state index contributed by atoms with van der Waals surface area (Å²) < 4.78 is 26.0. The van der Waals surface area contributed by atoms with Crippen LogP contribution in [0.4, 0.5) is 8.78 Å². The SMILES string of the molecule is CCNC(=O)C1CCN(C(=O)c2ccc(F)c(F)c2)CC1. The van der Waals surface area contributed by atoms with Crippen molar-refractivity contribution in [2.24, 2.45) is 5.92 Å². The van der Waals surface area contributed by atoms with Crippen molar-refractivity contribution >= 4 is 11.8 Å². The van der Waals surface area contributed by atoms with Crippen LogP contribution in [0.5, 0.6) is 0 Å². The highest BCUT2D eigenvalue weighted by atomic mass is 19.2. The first-order chi connectivity index (χ1) is 10.0. The van der Waals surface area contributed by atoms with Crippen molar-refractivity contribution in [3.05, 3.63) is 35.4 Å². The van der Waals surface area contributed by atoms with E-state index >= 15 is 0 Å². The van der Waals surface area contributed by atoms with Gasteiger partial charge in [-0.2, -0.15) is 0 Å². The molecule has 4 nitrogen and oxygen atoms in total. The van der Waals surface area contributed by atoms with Crippen molar-refractivity contribution in [2.45, 2.75) is 19.8 Å². The molecule has 0 aliphatic carbocycles. The van der Waals surface area contributed by atoms with E-state index in [1.54, 1.807) is 4.90 Å². The molecule has 0 atom stereocenters.